The Labute approximate surface area is 178 Å². The van der Waals surface area contributed by atoms with Gasteiger partial charge < -0.3 is 18.9 Å². The Morgan fingerprint density at radius 3 is 1.20 bits per heavy atom. The fraction of sp³-hybridized carbons (Fsp3) is 1.00. The van der Waals surface area contributed by atoms with Crippen LogP contribution < -0.4 is 0 Å². The highest BCUT2D eigenvalue weighted by atomic mass is 32.2. The zero-order valence-electron chi connectivity index (χ0n) is 17.5. The Bertz CT molecular complexity index is 607. The van der Waals surface area contributed by atoms with E-state index in [0.717, 1.165) is 0 Å². The Morgan fingerprint density at radius 2 is 0.900 bits per heavy atom. The molecule has 0 aliphatic carbocycles. The van der Waals surface area contributed by atoms with Crippen molar-refractivity contribution in [1.29, 1.82) is 0 Å². The second-order valence-electron chi connectivity index (χ2n) is 8.00. The van der Waals surface area contributed by atoms with Crippen LogP contribution in [0.2, 0.25) is 0 Å². The summed E-state index contributed by atoms with van der Waals surface area (Å²) in [5.74, 6) is 0. The van der Waals surface area contributed by atoms with E-state index in [-0.39, 0.29) is 0 Å². The van der Waals surface area contributed by atoms with Crippen molar-refractivity contribution in [3.05, 3.63) is 0 Å². The largest absolute Gasteiger partial charge is 0.379 e. The molecule has 4 saturated heterocycles. The first-order valence-electron chi connectivity index (χ1n) is 10.8. The molecule has 4 rings (SSSR count). The predicted molar refractivity (Wildman–Crippen MR) is 108 cm³/mol. The molecule has 0 aromatic heterocycles. The summed E-state index contributed by atoms with van der Waals surface area (Å²) in [6.45, 7) is 8.02. The monoisotopic (exact) mass is 450 g/mol. The molecule has 0 bridgehead atoms. The third kappa shape index (κ3) is 4.40. The van der Waals surface area contributed by atoms with Gasteiger partial charge in [-0.15, -0.1) is 0 Å². The van der Waals surface area contributed by atoms with Crippen molar-refractivity contribution in [2.24, 2.45) is 0 Å². The van der Waals surface area contributed by atoms with Crippen LogP contribution in [0.25, 0.3) is 0 Å². The molecule has 174 valence electrons. The number of morpholine rings is 4. The highest BCUT2D eigenvalue weighted by Crippen LogP contribution is 2.37. The molecule has 0 saturated carbocycles. The first kappa shape index (κ1) is 22.8. The van der Waals surface area contributed by atoms with E-state index in [1.54, 1.807) is 0 Å². The zero-order chi connectivity index (χ0) is 21.0. The fourth-order valence-electron chi connectivity index (χ4n) is 5.10. The van der Waals surface area contributed by atoms with Crippen LogP contribution >= 0.6 is 0 Å². The molecular weight excluding hydrogens is 416 g/mol. The van der Waals surface area contributed by atoms with Crippen molar-refractivity contribution < 1.29 is 31.9 Å². The molecule has 0 aromatic carbocycles. The van der Waals surface area contributed by atoms with Crippen LogP contribution in [0.15, 0.2) is 0 Å². The molecule has 0 spiro atoms. The summed E-state index contributed by atoms with van der Waals surface area (Å²) < 4.78 is 60.1. The van der Waals surface area contributed by atoms with Gasteiger partial charge in [0.25, 0.3) is 0 Å². The Balaban J connectivity index is 1.84. The molecule has 4 aliphatic rings. The lowest BCUT2D eigenvalue weighted by Crippen LogP contribution is -2.80. The van der Waals surface area contributed by atoms with Crippen LogP contribution in [0.5, 0.6) is 0 Å². The molecule has 1 N–H and O–H groups in total. The van der Waals surface area contributed by atoms with Gasteiger partial charge in [0, 0.05) is 52.4 Å². The maximum absolute atomic E-state index is 13.5. The van der Waals surface area contributed by atoms with E-state index >= 15 is 0 Å². The molecule has 0 aromatic rings. The van der Waals surface area contributed by atoms with Crippen LogP contribution in [0.1, 0.15) is 0 Å². The van der Waals surface area contributed by atoms with Gasteiger partial charge in [0.1, 0.15) is 6.17 Å². The van der Waals surface area contributed by atoms with E-state index in [1.807, 2.05) is 9.80 Å². The number of nitrogens with zero attached hydrogens (tertiary/aromatic N) is 4. The molecule has 12 heteroatoms. The van der Waals surface area contributed by atoms with Crippen molar-refractivity contribution in [2.75, 3.05) is 105 Å². The Morgan fingerprint density at radius 1 is 0.600 bits per heavy atom. The van der Waals surface area contributed by atoms with Crippen LogP contribution in [0.4, 0.5) is 0 Å². The molecule has 0 radical (unpaired) electrons. The summed E-state index contributed by atoms with van der Waals surface area (Å²) in [5, 5.41) is 0. The second-order valence-corrected chi connectivity index (χ2v) is 9.55. The minimum Gasteiger partial charge on any atom is -0.379 e. The lowest BCUT2D eigenvalue weighted by atomic mass is 10.1. The molecule has 4 aliphatic heterocycles. The van der Waals surface area contributed by atoms with E-state index in [0.29, 0.717) is 105 Å². The van der Waals surface area contributed by atoms with Gasteiger partial charge in [-0.25, -0.2) is 0 Å². The SMILES string of the molecule is O=S(=O)(O)C(C(N1CCOCC1)N1CCOCC1)(N1CCOCC1)N1CCOCC1. The van der Waals surface area contributed by atoms with Crippen molar-refractivity contribution in [3.8, 4) is 0 Å². The third-order valence-electron chi connectivity index (χ3n) is 6.43. The van der Waals surface area contributed by atoms with Crippen LogP contribution in [0.3, 0.4) is 0 Å². The average Bonchev–Trinajstić information content (AvgIpc) is 2.79. The molecule has 0 amide bonds. The minimum atomic E-state index is -4.55. The van der Waals surface area contributed by atoms with Gasteiger partial charge in [-0.05, 0) is 0 Å². The number of hydrogen-bond donors (Lipinski definition) is 1. The van der Waals surface area contributed by atoms with Crippen LogP contribution in [0, 0.1) is 0 Å². The summed E-state index contributed by atoms with van der Waals surface area (Å²) in [5.41, 5.74) is 0. The minimum absolute atomic E-state index is 0.431. The smallest absolute Gasteiger partial charge is 0.301 e. The first-order chi connectivity index (χ1) is 14.5. The summed E-state index contributed by atoms with van der Waals surface area (Å²) in [6, 6.07) is 0. The molecule has 4 fully saturated rings. The van der Waals surface area contributed by atoms with Gasteiger partial charge >= 0.3 is 10.1 Å². The average molecular weight is 451 g/mol. The van der Waals surface area contributed by atoms with Gasteiger partial charge in [-0.3, -0.25) is 24.2 Å². The van der Waals surface area contributed by atoms with E-state index in [9.17, 15) is 13.0 Å². The van der Waals surface area contributed by atoms with Crippen molar-refractivity contribution in [3.63, 3.8) is 0 Å². The highest BCUT2D eigenvalue weighted by molar-refractivity contribution is 7.87. The summed E-state index contributed by atoms with van der Waals surface area (Å²) in [7, 11) is -4.55. The Hall–Kier alpha value is -0.410. The van der Waals surface area contributed by atoms with E-state index in [4.69, 9.17) is 18.9 Å². The maximum atomic E-state index is 13.5. The van der Waals surface area contributed by atoms with Crippen LogP contribution in [-0.2, 0) is 29.1 Å². The maximum Gasteiger partial charge on any atom is 0.301 e. The van der Waals surface area contributed by atoms with E-state index < -0.39 is 21.3 Å². The van der Waals surface area contributed by atoms with E-state index in [1.165, 1.54) is 0 Å². The zero-order valence-corrected chi connectivity index (χ0v) is 18.3. The molecule has 4 heterocycles. The predicted octanol–water partition coefficient (Wildman–Crippen LogP) is -1.82. The molecule has 0 unspecified atom stereocenters. The summed E-state index contributed by atoms with van der Waals surface area (Å²) in [6.07, 6.45) is -0.559. The second kappa shape index (κ2) is 10.0. The van der Waals surface area contributed by atoms with Gasteiger partial charge in [0.05, 0.1) is 52.9 Å². The Kier molecular flexibility index (Phi) is 7.61. The number of hydrogen-bond acceptors (Lipinski definition) is 10. The van der Waals surface area contributed by atoms with Gasteiger partial charge in [-0.2, -0.15) is 8.42 Å². The molecular formula is C18H34N4O7S. The van der Waals surface area contributed by atoms with Crippen molar-refractivity contribution >= 4 is 10.1 Å². The summed E-state index contributed by atoms with van der Waals surface area (Å²) in [4.78, 5) is 6.52. The molecule has 30 heavy (non-hydrogen) atoms. The van der Waals surface area contributed by atoms with Gasteiger partial charge in [0.2, 0.25) is 4.99 Å². The topological polar surface area (TPSA) is 104 Å². The normalized spacial score (nSPS) is 27.5. The number of ether oxygens (including phenoxy) is 4. The van der Waals surface area contributed by atoms with Gasteiger partial charge in [0.15, 0.2) is 0 Å². The molecule has 0 atom stereocenters. The van der Waals surface area contributed by atoms with Crippen molar-refractivity contribution in [1.82, 2.24) is 19.6 Å². The van der Waals surface area contributed by atoms with E-state index in [2.05, 4.69) is 9.80 Å². The standard InChI is InChI=1S/C18H34N4O7S/c23-30(24,25)18(21-5-13-28-14-6-21,22-7-15-29-16-8-22)17(19-1-9-26-10-2-19)20-3-11-27-12-4-20/h17H,1-16H2,(H,23,24,25). The summed E-state index contributed by atoms with van der Waals surface area (Å²) >= 11 is 0. The highest BCUT2D eigenvalue weighted by Gasteiger charge is 2.62. The number of rotatable bonds is 6. The lowest BCUT2D eigenvalue weighted by Gasteiger charge is -2.59. The first-order valence-corrected chi connectivity index (χ1v) is 12.3. The van der Waals surface area contributed by atoms with Crippen LogP contribution in [-0.4, -0.2) is 149 Å². The fourth-order valence-corrected chi connectivity index (χ4v) is 6.69. The third-order valence-corrected chi connectivity index (χ3v) is 7.91. The quantitative estimate of drug-likeness (QED) is 0.463. The van der Waals surface area contributed by atoms with Crippen molar-refractivity contribution in [2.45, 2.75) is 11.2 Å². The molecule has 11 nitrogen and oxygen atoms in total. The lowest BCUT2D eigenvalue weighted by molar-refractivity contribution is -0.176. The van der Waals surface area contributed by atoms with Gasteiger partial charge in [-0.1, -0.05) is 0 Å².